The van der Waals surface area contributed by atoms with Gasteiger partial charge in [-0.2, -0.15) is 0 Å². The van der Waals surface area contributed by atoms with Crippen LogP contribution in [0.3, 0.4) is 0 Å². The number of hydrogen-bond donors (Lipinski definition) is 1. The van der Waals surface area contributed by atoms with Crippen molar-refractivity contribution >= 4 is 11.8 Å². The summed E-state index contributed by atoms with van der Waals surface area (Å²) in [6, 6.07) is 0. The van der Waals surface area contributed by atoms with Gasteiger partial charge in [0, 0.05) is 26.2 Å². The number of carbonyl (C=O) groups excluding carboxylic acids is 2. The van der Waals surface area contributed by atoms with Crippen LogP contribution in [0.1, 0.15) is 6.42 Å². The van der Waals surface area contributed by atoms with Gasteiger partial charge in [-0.1, -0.05) is 6.58 Å². The van der Waals surface area contributed by atoms with Gasteiger partial charge in [0.25, 0.3) is 0 Å². The molecule has 104 valence electrons. The van der Waals surface area contributed by atoms with Crippen LogP contribution in [0.15, 0.2) is 24.1 Å². The van der Waals surface area contributed by atoms with Crippen molar-refractivity contribution in [3.63, 3.8) is 0 Å². The maximum absolute atomic E-state index is 13.2. The lowest BCUT2D eigenvalue weighted by Gasteiger charge is -2.39. The molecule has 2 saturated heterocycles. The lowest BCUT2D eigenvalue weighted by Crippen LogP contribution is -2.55. The first-order chi connectivity index (χ1) is 9.06. The van der Waals surface area contributed by atoms with Crippen LogP contribution in [0.2, 0.25) is 0 Å². The molecule has 6 heteroatoms. The number of aliphatic hydroxyl groups excluding tert-OH is 1. The van der Waals surface area contributed by atoms with Crippen LogP contribution in [0, 0.1) is 5.92 Å². The molecule has 2 aliphatic heterocycles. The van der Waals surface area contributed by atoms with Crippen LogP contribution in [-0.2, 0) is 9.59 Å². The Bertz CT molecular complexity index is 441. The summed E-state index contributed by atoms with van der Waals surface area (Å²) in [6.07, 6.45) is 1.70. The van der Waals surface area contributed by atoms with E-state index in [1.165, 1.54) is 6.08 Å². The monoisotopic (exact) mass is 268 g/mol. The quantitative estimate of drug-likeness (QED) is 0.737. The highest BCUT2D eigenvalue weighted by molar-refractivity contribution is 5.90. The number of halogens is 1. The van der Waals surface area contributed by atoms with E-state index in [2.05, 4.69) is 6.58 Å². The van der Waals surface area contributed by atoms with Crippen LogP contribution < -0.4 is 0 Å². The number of rotatable bonds is 3. The van der Waals surface area contributed by atoms with Gasteiger partial charge in [0.1, 0.15) is 5.83 Å². The fraction of sp³-hybridized carbons (Fsp3) is 0.538. The van der Waals surface area contributed by atoms with Gasteiger partial charge in [-0.3, -0.25) is 9.59 Å². The van der Waals surface area contributed by atoms with E-state index in [1.807, 2.05) is 0 Å². The molecule has 2 aliphatic rings. The molecule has 0 bridgehead atoms. The van der Waals surface area contributed by atoms with Gasteiger partial charge in [0.15, 0.2) is 0 Å². The summed E-state index contributed by atoms with van der Waals surface area (Å²) in [6.45, 7) is 4.32. The average Bonchev–Trinajstić information content (AvgIpc) is 2.85. The van der Waals surface area contributed by atoms with Crippen LogP contribution in [-0.4, -0.2) is 59.5 Å². The predicted molar refractivity (Wildman–Crippen MR) is 66.7 cm³/mol. The molecule has 0 aromatic heterocycles. The largest absolute Gasteiger partial charge is 0.389 e. The SMILES string of the molecule is C=CC(=O)N1CC(C(=O)N2CC/C(=C(\F)CO)C2)C1. The van der Waals surface area contributed by atoms with Gasteiger partial charge < -0.3 is 14.9 Å². The van der Waals surface area contributed by atoms with E-state index in [1.54, 1.807) is 9.80 Å². The Morgan fingerprint density at radius 1 is 1.42 bits per heavy atom. The van der Waals surface area contributed by atoms with Crippen molar-refractivity contribution < 1.29 is 19.1 Å². The lowest BCUT2D eigenvalue weighted by atomic mass is 9.98. The fourth-order valence-corrected chi connectivity index (χ4v) is 2.38. The Hall–Kier alpha value is -1.69. The highest BCUT2D eigenvalue weighted by atomic mass is 19.1. The molecule has 0 aliphatic carbocycles. The first-order valence-corrected chi connectivity index (χ1v) is 6.24. The summed E-state index contributed by atoms with van der Waals surface area (Å²) in [4.78, 5) is 26.5. The maximum atomic E-state index is 13.2. The Morgan fingerprint density at radius 3 is 2.68 bits per heavy atom. The zero-order valence-electron chi connectivity index (χ0n) is 10.6. The van der Waals surface area contributed by atoms with Crippen molar-refractivity contribution in [2.75, 3.05) is 32.8 Å². The van der Waals surface area contributed by atoms with E-state index in [0.29, 0.717) is 31.6 Å². The molecule has 2 amide bonds. The van der Waals surface area contributed by atoms with Crippen molar-refractivity contribution in [1.29, 1.82) is 0 Å². The molecular formula is C13H17FN2O3. The molecule has 0 aromatic rings. The van der Waals surface area contributed by atoms with E-state index >= 15 is 0 Å². The second kappa shape index (κ2) is 5.52. The first kappa shape index (κ1) is 13.7. The molecule has 0 unspecified atom stereocenters. The van der Waals surface area contributed by atoms with Crippen LogP contribution in [0.4, 0.5) is 4.39 Å². The van der Waals surface area contributed by atoms with Gasteiger partial charge in [-0.05, 0) is 18.1 Å². The van der Waals surface area contributed by atoms with Gasteiger partial charge in [0.05, 0.1) is 12.5 Å². The van der Waals surface area contributed by atoms with E-state index in [4.69, 9.17) is 5.11 Å². The summed E-state index contributed by atoms with van der Waals surface area (Å²) >= 11 is 0. The van der Waals surface area contributed by atoms with E-state index in [-0.39, 0.29) is 24.3 Å². The third-order valence-electron chi connectivity index (χ3n) is 3.62. The number of likely N-dealkylation sites (tertiary alicyclic amines) is 2. The Labute approximate surface area is 111 Å². The Balaban J connectivity index is 1.87. The summed E-state index contributed by atoms with van der Waals surface area (Å²) in [5.41, 5.74) is 0.495. The molecule has 0 saturated carbocycles. The third kappa shape index (κ3) is 2.68. The molecule has 0 aromatic carbocycles. The standard InChI is InChI=1S/C13H17FN2O3/c1-2-12(18)16-6-10(7-16)13(19)15-4-3-9(5-15)11(14)8-17/h2,10,17H,1,3-8H2/b11-9+. The number of amides is 2. The highest BCUT2D eigenvalue weighted by Gasteiger charge is 2.38. The molecule has 19 heavy (non-hydrogen) atoms. The minimum Gasteiger partial charge on any atom is -0.389 e. The van der Waals surface area contributed by atoms with Crippen LogP contribution >= 0.6 is 0 Å². The summed E-state index contributed by atoms with van der Waals surface area (Å²) < 4.78 is 13.2. The molecule has 2 heterocycles. The van der Waals surface area contributed by atoms with Gasteiger partial charge >= 0.3 is 0 Å². The molecular weight excluding hydrogens is 251 g/mol. The number of hydrogen-bond acceptors (Lipinski definition) is 3. The van der Waals surface area contributed by atoms with Gasteiger partial charge in [-0.15, -0.1) is 0 Å². The van der Waals surface area contributed by atoms with Gasteiger partial charge in [-0.25, -0.2) is 4.39 Å². The fourth-order valence-electron chi connectivity index (χ4n) is 2.38. The maximum Gasteiger partial charge on any atom is 0.246 e. The normalized spacial score (nSPS) is 22.2. The number of aliphatic hydroxyl groups is 1. The smallest absolute Gasteiger partial charge is 0.246 e. The average molecular weight is 268 g/mol. The Morgan fingerprint density at radius 2 is 2.11 bits per heavy atom. The molecule has 0 radical (unpaired) electrons. The van der Waals surface area contributed by atoms with E-state index in [0.717, 1.165) is 0 Å². The molecule has 1 N–H and O–H groups in total. The van der Waals surface area contributed by atoms with Crippen LogP contribution in [0.5, 0.6) is 0 Å². The Kier molecular flexibility index (Phi) is 3.99. The molecule has 2 fully saturated rings. The van der Waals surface area contributed by atoms with Crippen LogP contribution in [0.25, 0.3) is 0 Å². The molecule has 0 spiro atoms. The highest BCUT2D eigenvalue weighted by Crippen LogP contribution is 2.25. The third-order valence-corrected chi connectivity index (χ3v) is 3.62. The molecule has 2 rings (SSSR count). The summed E-state index contributed by atoms with van der Waals surface area (Å²) in [7, 11) is 0. The van der Waals surface area contributed by atoms with Crippen molar-refractivity contribution in [2.45, 2.75) is 6.42 Å². The van der Waals surface area contributed by atoms with Crippen molar-refractivity contribution in [3.8, 4) is 0 Å². The summed E-state index contributed by atoms with van der Waals surface area (Å²) in [5, 5.41) is 8.72. The minimum absolute atomic E-state index is 0.0474. The molecule has 5 nitrogen and oxygen atoms in total. The molecule has 0 atom stereocenters. The zero-order valence-corrected chi connectivity index (χ0v) is 10.6. The van der Waals surface area contributed by atoms with E-state index in [9.17, 15) is 14.0 Å². The number of nitrogens with zero attached hydrogens (tertiary/aromatic N) is 2. The number of carbonyl (C=O) groups is 2. The van der Waals surface area contributed by atoms with E-state index < -0.39 is 12.4 Å². The topological polar surface area (TPSA) is 60.9 Å². The van der Waals surface area contributed by atoms with Gasteiger partial charge in [0.2, 0.25) is 11.8 Å². The second-order valence-corrected chi connectivity index (χ2v) is 4.82. The predicted octanol–water partition coefficient (Wildman–Crippen LogP) is 0.0790. The zero-order chi connectivity index (χ0) is 14.0. The van der Waals surface area contributed by atoms with Crippen molar-refractivity contribution in [1.82, 2.24) is 9.80 Å². The van der Waals surface area contributed by atoms with Crippen molar-refractivity contribution in [3.05, 3.63) is 24.1 Å². The second-order valence-electron chi connectivity index (χ2n) is 4.82. The minimum atomic E-state index is -0.609. The van der Waals surface area contributed by atoms with Crippen molar-refractivity contribution in [2.24, 2.45) is 5.92 Å². The first-order valence-electron chi connectivity index (χ1n) is 6.24. The lowest BCUT2D eigenvalue weighted by molar-refractivity contribution is -0.145. The summed E-state index contributed by atoms with van der Waals surface area (Å²) in [5.74, 6) is -0.945.